The first-order chi connectivity index (χ1) is 18.2. The van der Waals surface area contributed by atoms with E-state index in [1.54, 1.807) is 6.20 Å². The number of aromatic nitrogens is 2. The van der Waals surface area contributed by atoms with Gasteiger partial charge in [-0.25, -0.2) is 14.8 Å². The van der Waals surface area contributed by atoms with Crippen molar-refractivity contribution >= 4 is 12.0 Å². The fraction of sp³-hybridized carbons (Fsp3) is 0.414. The van der Waals surface area contributed by atoms with Gasteiger partial charge >= 0.3 is 6.03 Å². The minimum atomic E-state index is -0.191. The molecular formula is C29H33N5O3. The highest BCUT2D eigenvalue weighted by Gasteiger charge is 2.48. The van der Waals surface area contributed by atoms with Crippen molar-refractivity contribution in [3.05, 3.63) is 66.9 Å². The van der Waals surface area contributed by atoms with Crippen LogP contribution in [-0.2, 0) is 9.47 Å². The molecule has 0 unspecified atom stereocenters. The number of rotatable bonds is 6. The minimum Gasteiger partial charge on any atom is -0.371 e. The molecule has 1 aromatic heterocycles. The molecule has 2 saturated heterocycles. The van der Waals surface area contributed by atoms with E-state index in [0.717, 1.165) is 24.1 Å². The zero-order valence-electron chi connectivity index (χ0n) is 20.8. The van der Waals surface area contributed by atoms with E-state index < -0.39 is 0 Å². The van der Waals surface area contributed by atoms with Gasteiger partial charge in [0.05, 0.1) is 31.0 Å². The fourth-order valence-electron chi connectivity index (χ4n) is 5.61. The van der Waals surface area contributed by atoms with Crippen LogP contribution >= 0.6 is 0 Å². The number of nitrogens with zero attached hydrogens (tertiary/aromatic N) is 2. The van der Waals surface area contributed by atoms with Crippen LogP contribution in [0.25, 0.3) is 22.4 Å². The van der Waals surface area contributed by atoms with E-state index in [1.807, 2.05) is 24.3 Å². The van der Waals surface area contributed by atoms with Crippen LogP contribution in [0.5, 0.6) is 0 Å². The first-order valence-electron chi connectivity index (χ1n) is 13.3. The lowest BCUT2D eigenvalue weighted by Crippen LogP contribution is -2.51. The van der Waals surface area contributed by atoms with Gasteiger partial charge in [0.1, 0.15) is 12.2 Å². The number of ether oxygens (including phenoxy) is 2. The van der Waals surface area contributed by atoms with Gasteiger partial charge in [0.25, 0.3) is 0 Å². The van der Waals surface area contributed by atoms with Gasteiger partial charge in [-0.15, -0.1) is 0 Å². The lowest BCUT2D eigenvalue weighted by molar-refractivity contribution is 0.0681. The highest BCUT2D eigenvalue weighted by molar-refractivity contribution is 5.74. The Kier molecular flexibility index (Phi) is 7.01. The fourth-order valence-corrected chi connectivity index (χ4v) is 5.61. The highest BCUT2D eigenvalue weighted by Crippen LogP contribution is 2.29. The maximum absolute atomic E-state index is 12.5. The second-order valence-electron chi connectivity index (χ2n) is 10.1. The van der Waals surface area contributed by atoms with E-state index in [0.29, 0.717) is 19.2 Å². The van der Waals surface area contributed by atoms with Crippen LogP contribution in [0.4, 0.5) is 10.7 Å². The van der Waals surface area contributed by atoms with Gasteiger partial charge < -0.3 is 25.4 Å². The van der Waals surface area contributed by atoms with Crippen molar-refractivity contribution in [3.8, 4) is 22.4 Å². The minimum absolute atomic E-state index is 0.0890. The highest BCUT2D eigenvalue weighted by atomic mass is 16.6. The van der Waals surface area contributed by atoms with Gasteiger partial charge in [-0.2, -0.15) is 0 Å². The van der Waals surface area contributed by atoms with Crippen molar-refractivity contribution in [2.24, 2.45) is 0 Å². The summed E-state index contributed by atoms with van der Waals surface area (Å²) in [7, 11) is 0. The molecule has 0 radical (unpaired) electrons. The summed E-state index contributed by atoms with van der Waals surface area (Å²) in [4.78, 5) is 21.7. The number of carbonyl (C=O) groups excluding carboxylic acids is 1. The van der Waals surface area contributed by atoms with E-state index in [1.165, 1.54) is 30.4 Å². The van der Waals surface area contributed by atoms with Crippen LogP contribution in [0, 0.1) is 0 Å². The summed E-state index contributed by atoms with van der Waals surface area (Å²) < 4.78 is 12.1. The molecule has 37 heavy (non-hydrogen) atoms. The van der Waals surface area contributed by atoms with E-state index in [4.69, 9.17) is 14.5 Å². The summed E-state index contributed by atoms with van der Waals surface area (Å²) in [5, 5.41) is 9.58. The Bertz CT molecular complexity index is 1200. The lowest BCUT2D eigenvalue weighted by Gasteiger charge is -2.24. The molecule has 6 rings (SSSR count). The molecule has 1 aliphatic carbocycles. The molecule has 4 atom stereocenters. The molecule has 2 amide bonds. The maximum Gasteiger partial charge on any atom is 0.315 e. The molecule has 0 spiro atoms. The zero-order valence-corrected chi connectivity index (χ0v) is 20.8. The molecule has 3 aromatic rings. The number of carbonyl (C=O) groups is 1. The van der Waals surface area contributed by atoms with Gasteiger partial charge in [-0.1, -0.05) is 73.9 Å². The second kappa shape index (κ2) is 10.9. The molecule has 1 saturated carbocycles. The van der Waals surface area contributed by atoms with Gasteiger partial charge in [0.2, 0.25) is 5.95 Å². The van der Waals surface area contributed by atoms with Crippen LogP contribution in [-0.4, -0.2) is 59.5 Å². The predicted octanol–water partition coefficient (Wildman–Crippen LogP) is 4.39. The number of fused-ring (bicyclic) bond motifs is 1. The Morgan fingerprint density at radius 3 is 2.22 bits per heavy atom. The van der Waals surface area contributed by atoms with Crippen LogP contribution in [0.3, 0.4) is 0 Å². The van der Waals surface area contributed by atoms with E-state index in [-0.39, 0.29) is 36.4 Å². The van der Waals surface area contributed by atoms with E-state index in [9.17, 15) is 4.79 Å². The van der Waals surface area contributed by atoms with Crippen molar-refractivity contribution in [2.75, 3.05) is 18.5 Å². The number of urea groups is 1. The smallest absolute Gasteiger partial charge is 0.315 e. The predicted molar refractivity (Wildman–Crippen MR) is 142 cm³/mol. The van der Waals surface area contributed by atoms with Crippen LogP contribution < -0.4 is 16.0 Å². The summed E-state index contributed by atoms with van der Waals surface area (Å²) in [5.74, 6) is 0.536. The molecule has 8 heteroatoms. The van der Waals surface area contributed by atoms with E-state index in [2.05, 4.69) is 57.3 Å². The molecule has 3 N–H and O–H groups in total. The average molecular weight is 500 g/mol. The SMILES string of the molecule is O=C(NC1CCCCC1)N[C@H]1CO[C@H]2[C@@H]1OC[C@@H]2Nc1nccc(-c2ccc(-c3ccccc3)cc2)n1. The molecular weight excluding hydrogens is 466 g/mol. The van der Waals surface area contributed by atoms with Gasteiger partial charge in [-0.3, -0.25) is 0 Å². The zero-order chi connectivity index (χ0) is 25.0. The summed E-state index contributed by atoms with van der Waals surface area (Å²) >= 11 is 0. The number of hydrogen-bond acceptors (Lipinski definition) is 6. The van der Waals surface area contributed by atoms with Gasteiger partial charge in [0.15, 0.2) is 0 Å². The summed E-state index contributed by atoms with van der Waals surface area (Å²) in [6.07, 6.45) is 7.13. The number of hydrogen-bond donors (Lipinski definition) is 3. The normalized spacial score (nSPS) is 25.4. The van der Waals surface area contributed by atoms with Crippen LogP contribution in [0.15, 0.2) is 66.9 Å². The van der Waals surface area contributed by atoms with Crippen molar-refractivity contribution in [1.82, 2.24) is 20.6 Å². The Morgan fingerprint density at radius 2 is 1.43 bits per heavy atom. The average Bonchev–Trinajstić information content (AvgIpc) is 3.53. The van der Waals surface area contributed by atoms with Gasteiger partial charge in [-0.05, 0) is 30.0 Å². The van der Waals surface area contributed by atoms with Gasteiger partial charge in [0, 0.05) is 17.8 Å². The van der Waals surface area contributed by atoms with Crippen molar-refractivity contribution in [1.29, 1.82) is 0 Å². The van der Waals surface area contributed by atoms with Crippen LogP contribution in [0.2, 0.25) is 0 Å². The number of benzene rings is 2. The first-order valence-corrected chi connectivity index (χ1v) is 13.3. The summed E-state index contributed by atoms with van der Waals surface area (Å²) in [5.41, 5.74) is 4.22. The quantitative estimate of drug-likeness (QED) is 0.466. The molecule has 2 aliphatic heterocycles. The topological polar surface area (TPSA) is 97.4 Å². The van der Waals surface area contributed by atoms with Crippen molar-refractivity contribution in [3.63, 3.8) is 0 Å². The Balaban J connectivity index is 1.06. The molecule has 0 bridgehead atoms. The standard InChI is InChI=1S/C29H33N5O3/c35-29(31-22-9-5-2-6-10-22)34-25-18-37-26-24(17-36-27(25)26)33-28-30-16-15-23(32-28)21-13-11-20(12-14-21)19-7-3-1-4-8-19/h1,3-4,7-8,11-16,22,24-27H,2,5-6,9-10,17-18H2,(H,30,32,33)(H2,31,34,35)/t24-,25-,26+,27+/m0/s1. The number of anilines is 1. The maximum atomic E-state index is 12.5. The first kappa shape index (κ1) is 23.9. The molecule has 3 aliphatic rings. The monoisotopic (exact) mass is 499 g/mol. The lowest BCUT2D eigenvalue weighted by atomic mass is 9.96. The molecule has 3 heterocycles. The Labute approximate surface area is 217 Å². The third-order valence-corrected chi connectivity index (χ3v) is 7.57. The van der Waals surface area contributed by atoms with Crippen molar-refractivity contribution < 1.29 is 14.3 Å². The molecule has 3 fully saturated rings. The third-order valence-electron chi connectivity index (χ3n) is 7.57. The van der Waals surface area contributed by atoms with Crippen molar-refractivity contribution in [2.45, 2.75) is 62.4 Å². The molecule has 8 nitrogen and oxygen atoms in total. The molecule has 2 aromatic carbocycles. The van der Waals surface area contributed by atoms with E-state index >= 15 is 0 Å². The van der Waals surface area contributed by atoms with Crippen LogP contribution in [0.1, 0.15) is 32.1 Å². The summed E-state index contributed by atoms with van der Waals surface area (Å²) in [6, 6.07) is 20.5. The largest absolute Gasteiger partial charge is 0.371 e. The Hall–Kier alpha value is -3.49. The molecule has 192 valence electrons. The second-order valence-corrected chi connectivity index (χ2v) is 10.1. The summed E-state index contributed by atoms with van der Waals surface area (Å²) in [6.45, 7) is 0.900. The number of nitrogens with one attached hydrogen (secondary N) is 3. The Morgan fingerprint density at radius 1 is 0.757 bits per heavy atom. The number of amides is 2. The third kappa shape index (κ3) is 5.45.